The van der Waals surface area contributed by atoms with Crippen LogP contribution in [0.2, 0.25) is 0 Å². The van der Waals surface area contributed by atoms with Gasteiger partial charge in [-0.1, -0.05) is 59.7 Å². The molecule has 0 aliphatic rings. The molecule has 11 amide bonds. The molecule has 0 unspecified atom stereocenters. The van der Waals surface area contributed by atoms with E-state index in [9.17, 15) is 67.7 Å². The number of thiol groups is 1. The molecule has 30 nitrogen and oxygen atoms in total. The number of aliphatic hydroxyl groups excluding tert-OH is 1. The number of nitrogens with two attached hydrogens (primary N) is 2. The fraction of sp³-hybridized carbons (Fsp3) is 0.603. The molecular formula is C58H92N16O14S2. The lowest BCUT2D eigenvalue weighted by Crippen LogP contribution is -2.62. The summed E-state index contributed by atoms with van der Waals surface area (Å²) in [4.78, 5) is 171. The van der Waals surface area contributed by atoms with Crippen LogP contribution in [0, 0.1) is 17.8 Å². The number of amides is 11. The number of carboxylic acid groups (broad SMARTS) is 1. The molecule has 3 rings (SSSR count). The predicted molar refractivity (Wildman–Crippen MR) is 340 cm³/mol. The van der Waals surface area contributed by atoms with Crippen molar-refractivity contribution in [3.05, 3.63) is 54.2 Å². The summed E-state index contributed by atoms with van der Waals surface area (Å²) in [5, 5.41) is 49.1. The van der Waals surface area contributed by atoms with Gasteiger partial charge in [0.25, 0.3) is 0 Å². The molecule has 2 aromatic heterocycles. The van der Waals surface area contributed by atoms with Gasteiger partial charge in [-0.15, -0.1) is 0 Å². The summed E-state index contributed by atoms with van der Waals surface area (Å²) in [6, 6.07) is -6.85. The largest absolute Gasteiger partial charge is 0.480 e. The molecular weight excluding hydrogens is 1210 g/mol. The van der Waals surface area contributed by atoms with E-state index in [1.54, 1.807) is 54.0 Å². The smallest absolute Gasteiger partial charge is 0.326 e. The number of hydrogen-bond donors (Lipinski definition) is 18. The van der Waals surface area contributed by atoms with Crippen molar-refractivity contribution < 1.29 is 67.7 Å². The fourth-order valence-electron chi connectivity index (χ4n) is 9.05. The highest BCUT2D eigenvalue weighted by atomic mass is 32.2. The Balaban J connectivity index is 1.65. The van der Waals surface area contributed by atoms with Crippen molar-refractivity contribution >= 4 is 106 Å². The highest BCUT2D eigenvalue weighted by Crippen LogP contribution is 2.19. The monoisotopic (exact) mass is 1300 g/mol. The second kappa shape index (κ2) is 38.0. The van der Waals surface area contributed by atoms with Gasteiger partial charge in [0.2, 0.25) is 65.0 Å². The van der Waals surface area contributed by atoms with Gasteiger partial charge in [0.05, 0.1) is 25.0 Å². The molecule has 0 aliphatic carbocycles. The van der Waals surface area contributed by atoms with E-state index < -0.39 is 168 Å². The molecule has 19 N–H and O–H groups in total. The third-order valence-corrected chi connectivity index (χ3v) is 15.4. The molecule has 3 aromatic rings. The Bertz CT molecular complexity index is 2910. The maximum absolute atomic E-state index is 14.2. The first-order valence-corrected chi connectivity index (χ1v) is 31.8. The molecule has 0 saturated carbocycles. The number of nitrogens with one attached hydrogen (secondary N) is 13. The summed E-state index contributed by atoms with van der Waals surface area (Å²) < 4.78 is 0. The lowest BCUT2D eigenvalue weighted by molar-refractivity contribution is -0.144. The fourth-order valence-corrected chi connectivity index (χ4v) is 9.78. The van der Waals surface area contributed by atoms with Crippen LogP contribution in [0.25, 0.3) is 10.9 Å². The van der Waals surface area contributed by atoms with Gasteiger partial charge in [-0.25, -0.2) is 9.78 Å². The van der Waals surface area contributed by atoms with Crippen LogP contribution in [0.3, 0.4) is 0 Å². The number of imidazole rings is 1. The normalized spacial score (nSPS) is 15.4. The van der Waals surface area contributed by atoms with Gasteiger partial charge in [0.15, 0.2) is 0 Å². The molecule has 0 bridgehead atoms. The van der Waals surface area contributed by atoms with E-state index in [1.165, 1.54) is 45.1 Å². The number of aliphatic hydroxyl groups is 1. The number of fused-ring (bicyclic) bond motifs is 1. The highest BCUT2D eigenvalue weighted by Gasteiger charge is 2.37. The third-order valence-electron chi connectivity index (χ3n) is 14.4. The summed E-state index contributed by atoms with van der Waals surface area (Å²) in [5.74, 6) is -11.8. The minimum Gasteiger partial charge on any atom is -0.480 e. The molecule has 90 heavy (non-hydrogen) atoms. The predicted octanol–water partition coefficient (Wildman–Crippen LogP) is -2.75. The molecule has 0 spiro atoms. The number of carbonyl (C=O) groups is 12. The Hall–Kier alpha value is -7.81. The van der Waals surface area contributed by atoms with E-state index in [1.807, 2.05) is 24.3 Å². The number of nitrogens with zero attached hydrogens (tertiary/aromatic N) is 1. The van der Waals surface area contributed by atoms with Gasteiger partial charge >= 0.3 is 5.97 Å². The first-order chi connectivity index (χ1) is 42.4. The number of carboxylic acids is 1. The van der Waals surface area contributed by atoms with Crippen molar-refractivity contribution in [3.63, 3.8) is 0 Å². The number of thioether (sulfide) groups is 1. The molecule has 12 atom stereocenters. The maximum Gasteiger partial charge on any atom is 0.326 e. The van der Waals surface area contributed by atoms with E-state index in [-0.39, 0.29) is 31.4 Å². The number of para-hydroxylation sites is 1. The Morgan fingerprint density at radius 1 is 0.578 bits per heavy atom. The van der Waals surface area contributed by atoms with E-state index in [2.05, 4.69) is 86.1 Å². The van der Waals surface area contributed by atoms with Gasteiger partial charge < -0.3 is 90.1 Å². The first-order valence-electron chi connectivity index (χ1n) is 29.7. The summed E-state index contributed by atoms with van der Waals surface area (Å²) in [6.45, 7) is 13.2. The Morgan fingerprint density at radius 2 is 1.09 bits per heavy atom. The number of hydrogen-bond acceptors (Lipinski definition) is 18. The third kappa shape index (κ3) is 24.5. The van der Waals surface area contributed by atoms with Crippen LogP contribution in [0.5, 0.6) is 0 Å². The van der Waals surface area contributed by atoms with Crippen LogP contribution in [0.15, 0.2) is 43.0 Å². The van der Waals surface area contributed by atoms with Crippen molar-refractivity contribution in [2.75, 3.05) is 30.9 Å². The topological polar surface area (TPSA) is 474 Å². The van der Waals surface area contributed by atoms with E-state index >= 15 is 0 Å². The zero-order chi connectivity index (χ0) is 67.5. The molecule has 0 saturated heterocycles. The van der Waals surface area contributed by atoms with Crippen LogP contribution in [-0.2, 0) is 70.4 Å². The zero-order valence-corrected chi connectivity index (χ0v) is 54.2. The van der Waals surface area contributed by atoms with Gasteiger partial charge in [-0.3, -0.25) is 52.7 Å². The summed E-state index contributed by atoms with van der Waals surface area (Å²) >= 11 is 5.58. The Morgan fingerprint density at radius 3 is 1.67 bits per heavy atom. The SMILES string of the molecule is CSCC[C@H](NC(=O)[C@H](Cc1cnc[nH]1)NC(=O)[C@@H](NC(=O)[C@H](C)NC(=O)[C@H](C)NC(=O)[C@@H](NC(=O)CNC(=O)[C@H](CCCCN)NC(=O)[C@@H](N)Cc1c[nH]c2ccccc12)C(C)C)[C@@H](C)O)C(=O)N[C@@H](CS)C(=O)N[C@H](C(=O)N[C@H](C(=O)O)C(C)C)C(C)C. The van der Waals surface area contributed by atoms with Crippen molar-refractivity contribution in [1.82, 2.24) is 73.4 Å². The second-order valence-electron chi connectivity index (χ2n) is 22.9. The maximum atomic E-state index is 14.2. The zero-order valence-electron chi connectivity index (χ0n) is 52.5. The second-order valence-corrected chi connectivity index (χ2v) is 24.3. The molecule has 0 fully saturated rings. The van der Waals surface area contributed by atoms with Crippen molar-refractivity contribution in [1.29, 1.82) is 0 Å². The van der Waals surface area contributed by atoms with Crippen LogP contribution in [0.4, 0.5) is 0 Å². The number of carbonyl (C=O) groups excluding carboxylic acids is 11. The van der Waals surface area contributed by atoms with E-state index in [0.29, 0.717) is 30.8 Å². The van der Waals surface area contributed by atoms with E-state index in [4.69, 9.17) is 11.5 Å². The van der Waals surface area contributed by atoms with Crippen LogP contribution in [-0.4, -0.2) is 200 Å². The minimum atomic E-state index is -1.74. The number of benzene rings is 1. The summed E-state index contributed by atoms with van der Waals surface area (Å²) in [5.41, 5.74) is 14.0. The number of aromatic amines is 2. The molecule has 32 heteroatoms. The molecule has 500 valence electrons. The number of H-pyrrole nitrogens is 2. The van der Waals surface area contributed by atoms with Crippen LogP contribution >= 0.6 is 24.4 Å². The number of rotatable bonds is 39. The number of aliphatic carboxylic acids is 1. The van der Waals surface area contributed by atoms with Crippen LogP contribution in [0.1, 0.15) is 99.3 Å². The van der Waals surface area contributed by atoms with Crippen LogP contribution < -0.4 is 70.0 Å². The van der Waals surface area contributed by atoms with Crippen molar-refractivity contribution in [3.8, 4) is 0 Å². The standard InChI is InChI=1S/C58H92N16O14S2/c1-28(2)44(71-43(76)25-63-51(80)39(17-13-14-19-59)67-50(79)37(60)21-34-23-62-38-16-12-11-15-36(34)38)55(84)66-31(7)48(77)65-32(8)49(78)74-47(33(9)75)57(86)69-41(22-35-24-61-27-64-35)53(82)68-40(18-20-90-10)52(81)70-42(26-89)54(83)72-45(29(3)4)56(85)73-46(30(5)6)58(87)88/h11-12,15-16,23-24,27-33,37,39-42,44-47,62,75,89H,13-14,17-22,25-26,59-60H2,1-10H3,(H,61,64)(H,63,80)(H,65,77)(H,66,84)(H,67,79)(H,68,82)(H,69,86)(H,70,81)(H,71,76)(H,72,83)(H,73,85)(H,74,78)(H,87,88)/t31-,32-,33+,37-,39-,40-,41-,42-,44-,45-,46-,47-/m0/s1. The average molecular weight is 1300 g/mol. The Labute approximate surface area is 532 Å². The number of aromatic nitrogens is 3. The summed E-state index contributed by atoms with van der Waals surface area (Å²) in [6.07, 6.45) is 5.79. The minimum absolute atomic E-state index is 0.0223. The van der Waals surface area contributed by atoms with Gasteiger partial charge in [-0.05, 0) is 101 Å². The van der Waals surface area contributed by atoms with Crippen molar-refractivity contribution in [2.24, 2.45) is 29.2 Å². The Kier molecular flexibility index (Phi) is 32.3. The highest BCUT2D eigenvalue weighted by molar-refractivity contribution is 7.98. The summed E-state index contributed by atoms with van der Waals surface area (Å²) in [7, 11) is 0. The quantitative estimate of drug-likeness (QED) is 0.0203. The van der Waals surface area contributed by atoms with E-state index in [0.717, 1.165) is 16.5 Å². The lowest BCUT2D eigenvalue weighted by atomic mass is 10.00. The average Bonchev–Trinajstić information content (AvgIpc) is 2.02. The number of unbranched alkanes of at least 4 members (excludes halogenated alkanes) is 1. The first kappa shape index (κ1) is 76.4. The molecule has 1 aromatic carbocycles. The van der Waals surface area contributed by atoms with Crippen molar-refractivity contribution in [2.45, 2.75) is 173 Å². The molecule has 0 radical (unpaired) electrons. The van der Waals surface area contributed by atoms with Gasteiger partial charge in [0.1, 0.15) is 60.4 Å². The van der Waals surface area contributed by atoms with Gasteiger partial charge in [0, 0.05) is 41.2 Å². The molecule has 0 aliphatic heterocycles. The van der Waals surface area contributed by atoms with Gasteiger partial charge in [-0.2, -0.15) is 24.4 Å². The molecule has 2 heterocycles. The lowest BCUT2D eigenvalue weighted by Gasteiger charge is -2.28.